The molecule has 0 amide bonds. The average Bonchev–Trinajstić information content (AvgIpc) is 2.57. The van der Waals surface area contributed by atoms with Crippen molar-refractivity contribution < 1.29 is 0 Å². The van der Waals surface area contributed by atoms with Crippen molar-refractivity contribution in [1.29, 1.82) is 0 Å². The van der Waals surface area contributed by atoms with E-state index in [1.807, 2.05) is 12.5 Å². The number of hydrogen-bond acceptors (Lipinski definition) is 3. The number of halogens is 1. The molecule has 0 atom stereocenters. The molecule has 0 aliphatic heterocycles. The van der Waals surface area contributed by atoms with E-state index in [0.717, 1.165) is 16.1 Å². The van der Waals surface area contributed by atoms with Crippen LogP contribution in [0.2, 0.25) is 0 Å². The van der Waals surface area contributed by atoms with Crippen LogP contribution < -0.4 is 5.32 Å². The lowest BCUT2D eigenvalue weighted by molar-refractivity contribution is 0.597. The number of nitrogens with one attached hydrogen (secondary N) is 1. The number of nitrogens with zero attached hydrogens (tertiary/aromatic N) is 3. The average molecular weight is 334 g/mol. The highest BCUT2D eigenvalue weighted by atomic mass is 127. The molecule has 0 aromatic carbocycles. The summed E-state index contributed by atoms with van der Waals surface area (Å²) in [7, 11) is 0. The maximum Gasteiger partial charge on any atom is 0.153 e. The van der Waals surface area contributed by atoms with Crippen LogP contribution in [0.3, 0.4) is 0 Å². The molecular formula is C11H19IN4. The van der Waals surface area contributed by atoms with Gasteiger partial charge in [-0.15, -0.1) is 0 Å². The van der Waals surface area contributed by atoms with Gasteiger partial charge >= 0.3 is 0 Å². The Hall–Kier alpha value is -0.590. The Morgan fingerprint density at radius 1 is 1.50 bits per heavy atom. The lowest BCUT2D eigenvalue weighted by Crippen LogP contribution is -2.13. The summed E-state index contributed by atoms with van der Waals surface area (Å²) in [6, 6.07) is 0.771. The molecule has 0 unspecified atom stereocenters. The summed E-state index contributed by atoms with van der Waals surface area (Å²) < 4.78 is 2.89. The number of hydrogen-bond donors (Lipinski definition) is 1. The fraction of sp³-hybridized carbons (Fsp3) is 0.636. The van der Waals surface area contributed by atoms with Crippen LogP contribution in [0.1, 0.15) is 39.4 Å². The molecule has 4 nitrogen and oxygen atoms in total. The summed E-state index contributed by atoms with van der Waals surface area (Å²) in [5, 5.41) is 3.33. The first-order valence-electron chi connectivity index (χ1n) is 5.45. The van der Waals surface area contributed by atoms with Crippen LogP contribution in [0, 0.1) is 0 Å². The largest absolute Gasteiger partial charge is 0.366 e. The fourth-order valence-electron chi connectivity index (χ4n) is 1.42. The highest BCUT2D eigenvalue weighted by molar-refractivity contribution is 14.1. The van der Waals surface area contributed by atoms with Crippen molar-refractivity contribution in [2.24, 2.45) is 4.99 Å². The zero-order valence-corrected chi connectivity index (χ0v) is 12.4. The topological polar surface area (TPSA) is 42.2 Å². The zero-order valence-electron chi connectivity index (χ0n) is 10.2. The molecule has 0 aliphatic rings. The molecule has 0 saturated heterocycles. The highest BCUT2D eigenvalue weighted by Crippen LogP contribution is 2.17. The lowest BCUT2D eigenvalue weighted by Gasteiger charge is -2.12. The summed E-state index contributed by atoms with van der Waals surface area (Å²) in [5.41, 5.74) is 1.06. The van der Waals surface area contributed by atoms with Gasteiger partial charge in [-0.2, -0.15) is 0 Å². The SMILES string of the molecule is CC(C)Nc1ncn(C(C)C)c1/C=N\CI. The van der Waals surface area contributed by atoms with Crippen LogP contribution in [-0.2, 0) is 0 Å². The highest BCUT2D eigenvalue weighted by Gasteiger charge is 2.11. The van der Waals surface area contributed by atoms with Crippen molar-refractivity contribution in [1.82, 2.24) is 9.55 Å². The maximum absolute atomic E-state index is 4.39. The van der Waals surface area contributed by atoms with Gasteiger partial charge in [0, 0.05) is 18.3 Å². The molecule has 0 bridgehead atoms. The standard InChI is InChI=1S/C11H19IN4/c1-8(2)15-11-10(5-13-6-12)16(7-14-11)9(3)4/h5,7-9,15H,6H2,1-4H3/b13-5-. The van der Waals surface area contributed by atoms with E-state index in [-0.39, 0.29) is 0 Å². The first kappa shape index (κ1) is 13.5. The van der Waals surface area contributed by atoms with E-state index in [1.165, 1.54) is 0 Å². The molecule has 1 aromatic heterocycles. The smallest absolute Gasteiger partial charge is 0.153 e. The Morgan fingerprint density at radius 3 is 2.69 bits per heavy atom. The Bertz CT molecular complexity index is 355. The third-order valence-corrected chi connectivity index (χ3v) is 2.49. The number of aliphatic imine (C=N–C) groups is 1. The van der Waals surface area contributed by atoms with E-state index in [4.69, 9.17) is 0 Å². The molecular weight excluding hydrogens is 315 g/mol. The summed E-state index contributed by atoms with van der Waals surface area (Å²) in [5.74, 6) is 0.914. The van der Waals surface area contributed by atoms with E-state index >= 15 is 0 Å². The number of alkyl halides is 1. The van der Waals surface area contributed by atoms with Gasteiger partial charge in [-0.05, 0) is 27.7 Å². The Balaban J connectivity index is 3.04. The summed E-state index contributed by atoms with van der Waals surface area (Å²) in [6.07, 6.45) is 3.76. The molecule has 1 heterocycles. The second kappa shape index (κ2) is 6.22. The summed E-state index contributed by atoms with van der Waals surface area (Å²) >= 11 is 2.23. The Labute approximate surface area is 111 Å². The molecule has 0 radical (unpaired) electrons. The minimum atomic E-state index is 0.377. The van der Waals surface area contributed by atoms with E-state index in [1.54, 1.807) is 0 Å². The van der Waals surface area contributed by atoms with Crippen molar-refractivity contribution in [3.05, 3.63) is 12.0 Å². The lowest BCUT2D eigenvalue weighted by atomic mass is 10.3. The van der Waals surface area contributed by atoms with E-state index in [2.05, 4.69) is 70.1 Å². The Morgan fingerprint density at radius 2 is 2.19 bits per heavy atom. The first-order chi connectivity index (χ1) is 7.56. The number of imidazole rings is 1. The number of aromatic nitrogens is 2. The predicted molar refractivity (Wildman–Crippen MR) is 77.9 cm³/mol. The third-order valence-electron chi connectivity index (χ3n) is 2.10. The van der Waals surface area contributed by atoms with Gasteiger partial charge in [-0.25, -0.2) is 4.98 Å². The van der Waals surface area contributed by atoms with E-state index < -0.39 is 0 Å². The molecule has 0 fully saturated rings. The van der Waals surface area contributed by atoms with Crippen LogP contribution in [-0.4, -0.2) is 26.4 Å². The number of anilines is 1. The van der Waals surface area contributed by atoms with Gasteiger partial charge in [0.1, 0.15) is 5.69 Å². The van der Waals surface area contributed by atoms with Crippen molar-refractivity contribution >= 4 is 34.6 Å². The fourth-order valence-corrected chi connectivity index (χ4v) is 1.61. The van der Waals surface area contributed by atoms with Gasteiger partial charge in [0.2, 0.25) is 0 Å². The molecule has 0 saturated carbocycles. The van der Waals surface area contributed by atoms with E-state index in [9.17, 15) is 0 Å². The minimum absolute atomic E-state index is 0.377. The molecule has 1 aromatic rings. The predicted octanol–water partition coefficient (Wildman–Crippen LogP) is 3.10. The Kier molecular flexibility index (Phi) is 5.24. The summed E-state index contributed by atoms with van der Waals surface area (Å²) in [6.45, 7) is 8.49. The molecule has 1 N–H and O–H groups in total. The van der Waals surface area contributed by atoms with Gasteiger partial charge < -0.3 is 9.88 Å². The van der Waals surface area contributed by atoms with Crippen LogP contribution >= 0.6 is 22.6 Å². The zero-order chi connectivity index (χ0) is 12.1. The molecule has 90 valence electrons. The van der Waals surface area contributed by atoms with Gasteiger partial charge in [0.05, 0.1) is 10.9 Å². The molecule has 5 heteroatoms. The quantitative estimate of drug-likeness (QED) is 0.389. The van der Waals surface area contributed by atoms with Crippen molar-refractivity contribution in [2.45, 2.75) is 39.8 Å². The number of rotatable bonds is 5. The monoisotopic (exact) mass is 334 g/mol. The van der Waals surface area contributed by atoms with Gasteiger partial charge in [0.15, 0.2) is 5.82 Å². The van der Waals surface area contributed by atoms with Crippen molar-refractivity contribution in [3.8, 4) is 0 Å². The molecule has 1 rings (SSSR count). The van der Waals surface area contributed by atoms with Crippen LogP contribution in [0.4, 0.5) is 5.82 Å². The van der Waals surface area contributed by atoms with Crippen molar-refractivity contribution in [2.75, 3.05) is 9.87 Å². The third kappa shape index (κ3) is 3.47. The minimum Gasteiger partial charge on any atom is -0.366 e. The molecule has 0 spiro atoms. The van der Waals surface area contributed by atoms with Crippen LogP contribution in [0.5, 0.6) is 0 Å². The van der Waals surface area contributed by atoms with E-state index in [0.29, 0.717) is 12.1 Å². The normalized spacial score (nSPS) is 11.9. The van der Waals surface area contributed by atoms with Gasteiger partial charge in [-0.1, -0.05) is 22.6 Å². The summed E-state index contributed by atoms with van der Waals surface area (Å²) in [4.78, 5) is 8.67. The van der Waals surface area contributed by atoms with Crippen LogP contribution in [0.25, 0.3) is 0 Å². The molecule has 0 aliphatic carbocycles. The maximum atomic E-state index is 4.39. The van der Waals surface area contributed by atoms with Gasteiger partial charge in [-0.3, -0.25) is 4.99 Å². The van der Waals surface area contributed by atoms with Crippen LogP contribution in [0.15, 0.2) is 11.3 Å². The van der Waals surface area contributed by atoms with Crippen molar-refractivity contribution in [3.63, 3.8) is 0 Å². The second-order valence-corrected chi connectivity index (χ2v) is 4.89. The van der Waals surface area contributed by atoms with Gasteiger partial charge in [0.25, 0.3) is 0 Å². The first-order valence-corrected chi connectivity index (χ1v) is 6.98. The molecule has 16 heavy (non-hydrogen) atoms. The second-order valence-electron chi connectivity index (χ2n) is 4.21.